The number of carbonyl (C=O) groups is 1. The molecule has 3 atom stereocenters. The Morgan fingerprint density at radius 2 is 2.00 bits per heavy atom. The Bertz CT molecular complexity index is 460. The maximum atomic E-state index is 12.0. The van der Waals surface area contributed by atoms with Crippen molar-refractivity contribution < 1.29 is 23.1 Å². The lowest BCUT2D eigenvalue weighted by atomic mass is 9.61. The van der Waals surface area contributed by atoms with Crippen molar-refractivity contribution in [3.8, 4) is 0 Å². The molecule has 21 heavy (non-hydrogen) atoms. The smallest absolute Gasteiger partial charge is 0.307 e. The first-order valence-corrected chi connectivity index (χ1v) is 9.07. The predicted molar refractivity (Wildman–Crippen MR) is 80.5 cm³/mol. The molecule has 1 aliphatic carbocycles. The summed E-state index contributed by atoms with van der Waals surface area (Å²) >= 11 is 0. The highest BCUT2D eigenvalue weighted by Gasteiger charge is 2.46. The molecule has 0 saturated heterocycles. The van der Waals surface area contributed by atoms with Crippen LogP contribution in [0.15, 0.2) is 0 Å². The number of hydrogen-bond acceptors (Lipinski definition) is 4. The zero-order chi connectivity index (χ0) is 16.3. The fourth-order valence-electron chi connectivity index (χ4n) is 3.01. The van der Waals surface area contributed by atoms with Crippen molar-refractivity contribution >= 4 is 16.0 Å². The van der Waals surface area contributed by atoms with Crippen LogP contribution in [0.4, 0.5) is 0 Å². The first kappa shape index (κ1) is 18.4. The highest BCUT2D eigenvalue weighted by molar-refractivity contribution is 7.89. The van der Waals surface area contributed by atoms with Crippen LogP contribution in [0.25, 0.3) is 0 Å². The van der Waals surface area contributed by atoms with Gasteiger partial charge in [-0.3, -0.25) is 4.79 Å². The van der Waals surface area contributed by atoms with Gasteiger partial charge in [0.1, 0.15) is 0 Å². The number of nitrogens with one attached hydrogen (secondary N) is 1. The second kappa shape index (κ2) is 7.07. The SMILES string of the molecule is CCOCCS(=O)(=O)NC1CCC(C(=O)O)C(C)(C)C1C. The van der Waals surface area contributed by atoms with Gasteiger partial charge >= 0.3 is 5.97 Å². The lowest BCUT2D eigenvalue weighted by Gasteiger charge is -2.46. The normalized spacial score (nSPS) is 29.2. The van der Waals surface area contributed by atoms with Crippen molar-refractivity contribution in [3.05, 3.63) is 0 Å². The molecule has 0 heterocycles. The molecule has 0 aromatic carbocycles. The minimum Gasteiger partial charge on any atom is -0.481 e. The van der Waals surface area contributed by atoms with Gasteiger partial charge in [0.25, 0.3) is 0 Å². The number of ether oxygens (including phenoxy) is 1. The first-order chi connectivity index (χ1) is 9.62. The molecule has 1 fully saturated rings. The minimum atomic E-state index is -3.40. The molecule has 0 amide bonds. The summed E-state index contributed by atoms with van der Waals surface area (Å²) in [5.41, 5.74) is -0.447. The van der Waals surface area contributed by atoms with Crippen LogP contribution >= 0.6 is 0 Å². The summed E-state index contributed by atoms with van der Waals surface area (Å²) < 4.78 is 31.9. The summed E-state index contributed by atoms with van der Waals surface area (Å²) in [6.07, 6.45) is 1.04. The van der Waals surface area contributed by atoms with Gasteiger partial charge in [-0.25, -0.2) is 13.1 Å². The number of hydrogen-bond donors (Lipinski definition) is 2. The van der Waals surface area contributed by atoms with E-state index in [1.54, 1.807) is 0 Å². The van der Waals surface area contributed by atoms with Crippen LogP contribution in [-0.2, 0) is 19.6 Å². The molecule has 124 valence electrons. The van der Waals surface area contributed by atoms with E-state index in [0.29, 0.717) is 19.4 Å². The molecule has 1 saturated carbocycles. The Kier molecular flexibility index (Phi) is 6.19. The van der Waals surface area contributed by atoms with Gasteiger partial charge in [-0.2, -0.15) is 0 Å². The molecule has 1 rings (SSSR count). The van der Waals surface area contributed by atoms with Gasteiger partial charge < -0.3 is 9.84 Å². The molecular weight excluding hydrogens is 294 g/mol. The lowest BCUT2D eigenvalue weighted by Crippen LogP contribution is -2.52. The monoisotopic (exact) mass is 321 g/mol. The van der Waals surface area contributed by atoms with Crippen molar-refractivity contribution in [1.29, 1.82) is 0 Å². The second-order valence-corrected chi connectivity index (χ2v) is 8.19. The van der Waals surface area contributed by atoms with Crippen LogP contribution in [0.2, 0.25) is 0 Å². The molecule has 7 heteroatoms. The first-order valence-electron chi connectivity index (χ1n) is 7.42. The maximum Gasteiger partial charge on any atom is 0.307 e. The van der Waals surface area contributed by atoms with Crippen molar-refractivity contribution in [2.24, 2.45) is 17.3 Å². The molecule has 0 bridgehead atoms. The van der Waals surface area contributed by atoms with E-state index in [0.717, 1.165) is 0 Å². The van der Waals surface area contributed by atoms with Gasteiger partial charge in [-0.05, 0) is 31.1 Å². The van der Waals surface area contributed by atoms with Gasteiger partial charge in [0, 0.05) is 12.6 Å². The third-order valence-electron chi connectivity index (χ3n) is 4.77. The zero-order valence-electron chi connectivity index (χ0n) is 13.3. The minimum absolute atomic E-state index is 0.0470. The summed E-state index contributed by atoms with van der Waals surface area (Å²) in [6.45, 7) is 8.20. The Morgan fingerprint density at radius 1 is 1.38 bits per heavy atom. The summed E-state index contributed by atoms with van der Waals surface area (Å²) in [6, 6.07) is -0.220. The third-order valence-corrected chi connectivity index (χ3v) is 6.14. The lowest BCUT2D eigenvalue weighted by molar-refractivity contribution is -0.150. The fraction of sp³-hybridized carbons (Fsp3) is 0.929. The number of sulfonamides is 1. The largest absolute Gasteiger partial charge is 0.481 e. The van der Waals surface area contributed by atoms with Gasteiger partial charge in [0.15, 0.2) is 0 Å². The highest BCUT2D eigenvalue weighted by atomic mass is 32.2. The number of carboxylic acid groups (broad SMARTS) is 1. The van der Waals surface area contributed by atoms with Crippen LogP contribution in [-0.4, -0.2) is 44.5 Å². The van der Waals surface area contributed by atoms with Gasteiger partial charge in [0.2, 0.25) is 10.0 Å². The van der Waals surface area contributed by atoms with Gasteiger partial charge in [-0.1, -0.05) is 20.8 Å². The molecular formula is C14H27NO5S. The Balaban J connectivity index is 2.72. The van der Waals surface area contributed by atoms with E-state index in [-0.39, 0.29) is 24.3 Å². The average Bonchev–Trinajstić information content (AvgIpc) is 2.34. The molecule has 2 N–H and O–H groups in total. The van der Waals surface area contributed by atoms with E-state index in [4.69, 9.17) is 4.74 Å². The topological polar surface area (TPSA) is 92.7 Å². The molecule has 0 spiro atoms. The van der Waals surface area contributed by atoms with E-state index in [1.165, 1.54) is 0 Å². The van der Waals surface area contributed by atoms with Crippen LogP contribution < -0.4 is 4.72 Å². The van der Waals surface area contributed by atoms with E-state index < -0.39 is 27.3 Å². The summed E-state index contributed by atoms with van der Waals surface area (Å²) in [4.78, 5) is 11.3. The molecule has 0 radical (unpaired) electrons. The van der Waals surface area contributed by atoms with Gasteiger partial charge in [-0.15, -0.1) is 0 Å². The summed E-state index contributed by atoms with van der Waals surface area (Å²) in [7, 11) is -3.40. The van der Waals surface area contributed by atoms with Crippen molar-refractivity contribution in [1.82, 2.24) is 4.72 Å². The highest BCUT2D eigenvalue weighted by Crippen LogP contribution is 2.45. The van der Waals surface area contributed by atoms with E-state index in [9.17, 15) is 18.3 Å². The van der Waals surface area contributed by atoms with Crippen molar-refractivity contribution in [2.45, 2.75) is 46.6 Å². The molecule has 0 aromatic heterocycles. The number of rotatable bonds is 7. The molecule has 0 aliphatic heterocycles. The van der Waals surface area contributed by atoms with Crippen LogP contribution in [0.1, 0.15) is 40.5 Å². The molecule has 3 unspecified atom stereocenters. The fourth-order valence-corrected chi connectivity index (χ4v) is 4.25. The Morgan fingerprint density at radius 3 is 2.52 bits per heavy atom. The van der Waals surface area contributed by atoms with Crippen LogP contribution in [0.5, 0.6) is 0 Å². The van der Waals surface area contributed by atoms with E-state index in [1.807, 2.05) is 27.7 Å². The Hall–Kier alpha value is -0.660. The zero-order valence-corrected chi connectivity index (χ0v) is 14.1. The van der Waals surface area contributed by atoms with E-state index in [2.05, 4.69) is 4.72 Å². The van der Waals surface area contributed by atoms with Crippen molar-refractivity contribution in [2.75, 3.05) is 19.0 Å². The van der Waals surface area contributed by atoms with Crippen molar-refractivity contribution in [3.63, 3.8) is 0 Å². The molecule has 6 nitrogen and oxygen atoms in total. The van der Waals surface area contributed by atoms with Crippen LogP contribution in [0.3, 0.4) is 0 Å². The standard InChI is InChI=1S/C14H27NO5S/c1-5-20-8-9-21(18,19)15-12-7-6-11(13(16)17)14(3,4)10(12)2/h10-12,15H,5-9H2,1-4H3,(H,16,17). The number of aliphatic carboxylic acids is 1. The maximum absolute atomic E-state index is 12.0. The average molecular weight is 321 g/mol. The summed E-state index contributed by atoms with van der Waals surface area (Å²) in [5.74, 6) is -1.34. The van der Waals surface area contributed by atoms with E-state index >= 15 is 0 Å². The quantitative estimate of drug-likeness (QED) is 0.693. The molecule has 1 aliphatic rings. The van der Waals surface area contributed by atoms with Gasteiger partial charge in [0.05, 0.1) is 18.3 Å². The summed E-state index contributed by atoms with van der Waals surface area (Å²) in [5, 5.41) is 9.30. The second-order valence-electron chi connectivity index (χ2n) is 6.32. The Labute approximate surface area is 127 Å². The van der Waals surface area contributed by atoms with Crippen LogP contribution in [0, 0.1) is 17.3 Å². The third kappa shape index (κ3) is 4.66. The predicted octanol–water partition coefficient (Wildman–Crippen LogP) is 1.47. The molecule has 0 aromatic rings. The number of carboxylic acids is 1.